The Kier molecular flexibility index (Phi) is 6.05. The molecule has 0 radical (unpaired) electrons. The van der Waals surface area contributed by atoms with Crippen molar-refractivity contribution in [2.24, 2.45) is 0 Å². The molecule has 34 heavy (non-hydrogen) atoms. The van der Waals surface area contributed by atoms with Crippen LogP contribution in [0.2, 0.25) is 0 Å². The third-order valence-electron chi connectivity index (χ3n) is 6.10. The van der Waals surface area contributed by atoms with Gasteiger partial charge in [0.15, 0.2) is 0 Å². The summed E-state index contributed by atoms with van der Waals surface area (Å²) in [7, 11) is 3.83. The first kappa shape index (κ1) is 22.1. The topological polar surface area (TPSA) is 66.4 Å². The Morgan fingerprint density at radius 2 is 2.09 bits per heavy atom. The van der Waals surface area contributed by atoms with Gasteiger partial charge in [0.25, 0.3) is 5.56 Å². The first-order valence-corrected chi connectivity index (χ1v) is 11.3. The second-order valence-electron chi connectivity index (χ2n) is 8.73. The summed E-state index contributed by atoms with van der Waals surface area (Å²) in [5, 5.41) is 0.957. The van der Waals surface area contributed by atoms with E-state index in [0.717, 1.165) is 40.9 Å². The van der Waals surface area contributed by atoms with Crippen molar-refractivity contribution in [3.05, 3.63) is 82.8 Å². The fraction of sp³-hybridized carbons (Fsp3) is 0.308. The molecule has 0 spiro atoms. The van der Waals surface area contributed by atoms with E-state index in [9.17, 15) is 9.18 Å². The summed E-state index contributed by atoms with van der Waals surface area (Å²) < 4.78 is 21.0. The van der Waals surface area contributed by atoms with Gasteiger partial charge in [0.05, 0.1) is 31.1 Å². The zero-order chi connectivity index (χ0) is 23.7. The molecule has 1 atom stereocenters. The Bertz CT molecular complexity index is 1360. The van der Waals surface area contributed by atoms with Gasteiger partial charge >= 0.3 is 0 Å². The van der Waals surface area contributed by atoms with Crippen molar-refractivity contribution in [3.63, 3.8) is 0 Å². The fourth-order valence-electron chi connectivity index (χ4n) is 4.42. The van der Waals surface area contributed by atoms with Crippen LogP contribution in [0.4, 0.5) is 10.1 Å². The molecular formula is C26H26FN5O2. The first-order chi connectivity index (χ1) is 16.5. The summed E-state index contributed by atoms with van der Waals surface area (Å²) in [6.45, 7) is 3.57. The summed E-state index contributed by atoms with van der Waals surface area (Å²) in [6, 6.07) is 13.6. The fourth-order valence-corrected chi connectivity index (χ4v) is 4.42. The van der Waals surface area contributed by atoms with E-state index in [1.54, 1.807) is 16.8 Å². The summed E-state index contributed by atoms with van der Waals surface area (Å²) in [6.07, 6.45) is 5.51. The van der Waals surface area contributed by atoms with Crippen molar-refractivity contribution in [1.29, 1.82) is 0 Å². The van der Waals surface area contributed by atoms with Gasteiger partial charge in [0, 0.05) is 60.7 Å². The summed E-state index contributed by atoms with van der Waals surface area (Å²) in [4.78, 5) is 25.3. The minimum atomic E-state index is -0.399. The van der Waals surface area contributed by atoms with Crippen LogP contribution in [0.1, 0.15) is 11.6 Å². The Hall–Kier alpha value is -3.67. The van der Waals surface area contributed by atoms with E-state index in [-0.39, 0.29) is 11.6 Å². The SMILES string of the molecule is CN(C)C[C@H](c1c#ccc(F)c1)n1ccc(-c2c[nH]c3ncc(N4CCOCC4)cc23)cc1=O. The molecule has 0 aliphatic carbocycles. The predicted molar refractivity (Wildman–Crippen MR) is 130 cm³/mol. The molecular weight excluding hydrogens is 433 g/mol. The normalized spacial score (nSPS) is 15.0. The van der Waals surface area contributed by atoms with Gasteiger partial charge in [0.2, 0.25) is 0 Å². The van der Waals surface area contributed by atoms with Crippen molar-refractivity contribution >= 4 is 16.7 Å². The molecule has 1 aliphatic heterocycles. The number of hydrogen-bond acceptors (Lipinski definition) is 5. The molecule has 174 valence electrons. The molecule has 4 aromatic rings. The van der Waals surface area contributed by atoms with E-state index >= 15 is 0 Å². The van der Waals surface area contributed by atoms with Crippen molar-refractivity contribution in [2.45, 2.75) is 6.04 Å². The van der Waals surface area contributed by atoms with Crippen LogP contribution in [0.15, 0.2) is 53.7 Å². The van der Waals surface area contributed by atoms with Crippen molar-refractivity contribution in [2.75, 3.05) is 51.8 Å². The van der Waals surface area contributed by atoms with Gasteiger partial charge in [-0.1, -0.05) is 12.1 Å². The second kappa shape index (κ2) is 9.29. The largest absolute Gasteiger partial charge is 0.378 e. The minimum Gasteiger partial charge on any atom is -0.378 e. The Morgan fingerprint density at radius 1 is 1.26 bits per heavy atom. The lowest BCUT2D eigenvalue weighted by Gasteiger charge is -2.28. The van der Waals surface area contributed by atoms with E-state index in [4.69, 9.17) is 4.74 Å². The third-order valence-corrected chi connectivity index (χ3v) is 6.10. The van der Waals surface area contributed by atoms with Crippen molar-refractivity contribution in [3.8, 4) is 11.1 Å². The van der Waals surface area contributed by atoms with Gasteiger partial charge < -0.3 is 24.1 Å². The predicted octanol–water partition coefficient (Wildman–Crippen LogP) is 3.12. The van der Waals surface area contributed by atoms with Gasteiger partial charge in [-0.05, 0) is 37.9 Å². The number of anilines is 1. The molecule has 7 nitrogen and oxygen atoms in total. The summed E-state index contributed by atoms with van der Waals surface area (Å²) in [5.74, 6) is -0.399. The number of likely N-dealkylation sites (N-methyl/N-ethyl adjacent to an activating group) is 1. The van der Waals surface area contributed by atoms with Gasteiger partial charge in [-0.2, -0.15) is 0 Å². The average Bonchev–Trinajstić information content (AvgIpc) is 3.26. The number of ether oxygens (including phenoxy) is 1. The highest BCUT2D eigenvalue weighted by molar-refractivity contribution is 5.95. The smallest absolute Gasteiger partial charge is 0.251 e. The second-order valence-corrected chi connectivity index (χ2v) is 8.73. The lowest BCUT2D eigenvalue weighted by molar-refractivity contribution is 0.122. The van der Waals surface area contributed by atoms with Crippen LogP contribution in [0.3, 0.4) is 0 Å². The number of pyridine rings is 2. The monoisotopic (exact) mass is 459 g/mol. The van der Waals surface area contributed by atoms with Crippen molar-refractivity contribution < 1.29 is 9.13 Å². The molecule has 4 heterocycles. The molecule has 5 rings (SSSR count). The lowest BCUT2D eigenvalue weighted by Crippen LogP contribution is -2.36. The molecule has 1 aromatic carbocycles. The molecule has 1 fully saturated rings. The number of rotatable bonds is 6. The van der Waals surface area contributed by atoms with E-state index < -0.39 is 5.82 Å². The maximum Gasteiger partial charge on any atom is 0.251 e. The molecule has 0 bridgehead atoms. The quantitative estimate of drug-likeness (QED) is 0.480. The molecule has 0 unspecified atom stereocenters. The van der Waals surface area contributed by atoms with E-state index in [1.165, 1.54) is 12.1 Å². The van der Waals surface area contributed by atoms with Gasteiger partial charge in [0.1, 0.15) is 11.5 Å². The minimum absolute atomic E-state index is 0.173. The van der Waals surface area contributed by atoms with Crippen LogP contribution in [-0.4, -0.2) is 66.4 Å². The average molecular weight is 460 g/mol. The summed E-state index contributed by atoms with van der Waals surface area (Å²) in [5.41, 5.74) is 3.92. The molecule has 0 amide bonds. The van der Waals surface area contributed by atoms with Crippen LogP contribution in [0, 0.1) is 17.9 Å². The Balaban J connectivity index is 1.52. The highest BCUT2D eigenvalue weighted by Gasteiger charge is 2.19. The van der Waals surface area contributed by atoms with E-state index in [0.29, 0.717) is 25.3 Å². The van der Waals surface area contributed by atoms with Crippen LogP contribution >= 0.6 is 0 Å². The molecule has 8 heteroatoms. The zero-order valence-corrected chi connectivity index (χ0v) is 19.2. The molecule has 1 aliphatic rings. The number of aromatic amines is 1. The van der Waals surface area contributed by atoms with Crippen LogP contribution in [-0.2, 0) is 4.74 Å². The highest BCUT2D eigenvalue weighted by Crippen LogP contribution is 2.30. The molecule has 0 saturated carbocycles. The third kappa shape index (κ3) is 4.40. The number of hydrogen-bond donors (Lipinski definition) is 1. The zero-order valence-electron chi connectivity index (χ0n) is 19.2. The van der Waals surface area contributed by atoms with Crippen LogP contribution in [0.25, 0.3) is 22.2 Å². The lowest BCUT2D eigenvalue weighted by atomic mass is 10.0. The number of fused-ring (bicyclic) bond motifs is 1. The van der Waals surface area contributed by atoms with E-state index in [1.807, 2.05) is 37.5 Å². The molecule has 3 aromatic heterocycles. The van der Waals surface area contributed by atoms with Crippen LogP contribution in [0.5, 0.6) is 0 Å². The molecule has 1 N–H and O–H groups in total. The number of morpholine rings is 1. The van der Waals surface area contributed by atoms with Gasteiger partial charge in [-0.15, -0.1) is 0 Å². The highest BCUT2D eigenvalue weighted by atomic mass is 19.1. The molecule has 1 saturated heterocycles. The maximum atomic E-state index is 13.9. The Labute approximate surface area is 197 Å². The van der Waals surface area contributed by atoms with Crippen molar-refractivity contribution in [1.82, 2.24) is 19.4 Å². The number of aromatic nitrogens is 3. The summed E-state index contributed by atoms with van der Waals surface area (Å²) >= 11 is 0. The standard InChI is InChI=1S/C26H26FN5O2/c1-30(2)17-24(19-4-3-5-20(27)12-19)32-7-6-18(13-25(32)33)23-16-29-26-22(23)14-21(15-28-26)31-8-10-34-11-9-31/h5-7,12-16,24H,8-11,17H2,1-2H3,(H,28,29)/t24-/m1/s1. The maximum absolute atomic E-state index is 13.9. The number of halogens is 1. The number of nitrogens with one attached hydrogen (secondary N) is 1. The first-order valence-electron chi connectivity index (χ1n) is 11.3. The van der Waals surface area contributed by atoms with Gasteiger partial charge in [-0.3, -0.25) is 4.79 Å². The number of nitrogens with zero attached hydrogens (tertiary/aromatic N) is 4. The van der Waals surface area contributed by atoms with Gasteiger partial charge in [-0.25, -0.2) is 9.37 Å². The van der Waals surface area contributed by atoms with E-state index in [2.05, 4.69) is 33.1 Å². The number of H-pyrrole nitrogens is 1. The Morgan fingerprint density at radius 3 is 2.82 bits per heavy atom. The van der Waals surface area contributed by atoms with Crippen LogP contribution < -0.4 is 10.5 Å².